The maximum Gasteiger partial charge on any atom is 0.231 e. The Morgan fingerprint density at radius 3 is 2.79 bits per heavy atom. The number of likely N-dealkylation sites (tertiary alicyclic amines) is 1. The van der Waals surface area contributed by atoms with Gasteiger partial charge in [0.1, 0.15) is 5.82 Å². The van der Waals surface area contributed by atoms with E-state index in [1.165, 1.54) is 6.07 Å². The van der Waals surface area contributed by atoms with Gasteiger partial charge in [0.25, 0.3) is 0 Å². The third-order valence-corrected chi connectivity index (χ3v) is 5.13. The van der Waals surface area contributed by atoms with Crippen LogP contribution in [0.15, 0.2) is 12.1 Å². The van der Waals surface area contributed by atoms with E-state index in [1.54, 1.807) is 6.07 Å². The number of carbonyl (C=O) groups is 2. The summed E-state index contributed by atoms with van der Waals surface area (Å²) in [5.41, 5.74) is 2.62. The van der Waals surface area contributed by atoms with Crippen molar-refractivity contribution in [3.05, 3.63) is 29.1 Å². The molecule has 2 aliphatic rings. The molecule has 0 bridgehead atoms. The highest BCUT2D eigenvalue weighted by molar-refractivity contribution is 5.97. The largest absolute Gasteiger partial charge is 0.342 e. The van der Waals surface area contributed by atoms with Crippen molar-refractivity contribution in [2.75, 3.05) is 24.5 Å². The number of hydrogen-bond acceptors (Lipinski definition) is 2. The lowest BCUT2D eigenvalue weighted by molar-refractivity contribution is -0.134. The van der Waals surface area contributed by atoms with Gasteiger partial charge in [0.2, 0.25) is 11.8 Å². The van der Waals surface area contributed by atoms with Gasteiger partial charge in [-0.15, -0.1) is 0 Å². The van der Waals surface area contributed by atoms with Crippen LogP contribution in [0, 0.1) is 18.7 Å². The van der Waals surface area contributed by atoms with E-state index < -0.39 is 0 Å². The normalized spacial score (nSPS) is 20.7. The van der Waals surface area contributed by atoms with Crippen LogP contribution in [0.3, 0.4) is 0 Å². The molecule has 3 rings (SSSR count). The van der Waals surface area contributed by atoms with Gasteiger partial charge in [0.05, 0.1) is 5.92 Å². The minimum atomic E-state index is -0.238. The molecule has 1 aromatic rings. The zero-order valence-corrected chi connectivity index (χ0v) is 14.5. The van der Waals surface area contributed by atoms with Crippen LogP contribution in [0.25, 0.3) is 0 Å². The highest BCUT2D eigenvalue weighted by atomic mass is 19.1. The lowest BCUT2D eigenvalue weighted by Crippen LogP contribution is -2.48. The first kappa shape index (κ1) is 16.9. The maximum absolute atomic E-state index is 13.7. The van der Waals surface area contributed by atoms with E-state index in [0.717, 1.165) is 49.0 Å². The van der Waals surface area contributed by atoms with E-state index in [2.05, 4.69) is 0 Å². The van der Waals surface area contributed by atoms with Crippen LogP contribution >= 0.6 is 0 Å². The Balaban J connectivity index is 1.83. The second-order valence-electron chi connectivity index (χ2n) is 6.86. The molecule has 2 heterocycles. The average molecular weight is 332 g/mol. The zero-order valence-electron chi connectivity index (χ0n) is 14.5. The van der Waals surface area contributed by atoms with Crippen LogP contribution in [-0.4, -0.2) is 36.3 Å². The van der Waals surface area contributed by atoms with E-state index >= 15 is 0 Å². The predicted octanol–water partition coefficient (Wildman–Crippen LogP) is 3.06. The van der Waals surface area contributed by atoms with Crippen molar-refractivity contribution >= 4 is 17.5 Å². The van der Waals surface area contributed by atoms with Gasteiger partial charge in [-0.2, -0.15) is 0 Å². The average Bonchev–Trinajstić information content (AvgIpc) is 2.59. The summed E-state index contributed by atoms with van der Waals surface area (Å²) in [5, 5.41) is 0. The van der Waals surface area contributed by atoms with Gasteiger partial charge in [-0.3, -0.25) is 9.59 Å². The van der Waals surface area contributed by atoms with Crippen LogP contribution in [0.2, 0.25) is 0 Å². The molecule has 0 saturated carbocycles. The topological polar surface area (TPSA) is 40.6 Å². The number of nitrogens with zero attached hydrogens (tertiary/aromatic N) is 2. The molecule has 1 aromatic carbocycles. The summed E-state index contributed by atoms with van der Waals surface area (Å²) in [5.74, 6) is -0.188. The van der Waals surface area contributed by atoms with Gasteiger partial charge in [0.15, 0.2) is 0 Å². The summed E-state index contributed by atoms with van der Waals surface area (Å²) < 4.78 is 13.7. The summed E-state index contributed by atoms with van der Waals surface area (Å²) in [7, 11) is 0. The molecule has 0 spiro atoms. The van der Waals surface area contributed by atoms with Crippen molar-refractivity contribution in [2.45, 2.75) is 46.0 Å². The number of rotatable bonds is 2. The molecule has 1 saturated heterocycles. The first-order valence-corrected chi connectivity index (χ1v) is 8.89. The molecule has 2 aliphatic heterocycles. The fourth-order valence-electron chi connectivity index (χ4n) is 3.99. The first-order valence-electron chi connectivity index (χ1n) is 8.89. The minimum absolute atomic E-state index is 0.0826. The van der Waals surface area contributed by atoms with Crippen LogP contribution in [-0.2, 0) is 16.0 Å². The monoisotopic (exact) mass is 332 g/mol. The number of amides is 2. The third kappa shape index (κ3) is 3.17. The molecule has 24 heavy (non-hydrogen) atoms. The summed E-state index contributed by atoms with van der Waals surface area (Å²) in [4.78, 5) is 28.7. The fourth-order valence-corrected chi connectivity index (χ4v) is 3.99. The maximum atomic E-state index is 13.7. The molecule has 0 aromatic heterocycles. The Morgan fingerprint density at radius 2 is 2.04 bits per heavy atom. The van der Waals surface area contributed by atoms with Gasteiger partial charge in [-0.05, 0) is 55.9 Å². The molecule has 0 N–H and O–H groups in total. The van der Waals surface area contributed by atoms with E-state index in [-0.39, 0.29) is 23.5 Å². The van der Waals surface area contributed by atoms with Gasteiger partial charge >= 0.3 is 0 Å². The molecular formula is C19H25FN2O2. The SMILES string of the molecule is CCC(=O)N1CCC[C@@H](C(=O)N2CCCc3cc(F)cc(C)c32)C1. The Bertz CT molecular complexity index is 659. The number of anilines is 1. The number of benzene rings is 1. The van der Waals surface area contributed by atoms with Gasteiger partial charge < -0.3 is 9.80 Å². The van der Waals surface area contributed by atoms with Gasteiger partial charge in [-0.25, -0.2) is 4.39 Å². The van der Waals surface area contributed by atoms with E-state index in [1.807, 2.05) is 23.6 Å². The molecule has 0 unspecified atom stereocenters. The van der Waals surface area contributed by atoms with Crippen LogP contribution in [0.5, 0.6) is 0 Å². The Morgan fingerprint density at radius 1 is 1.25 bits per heavy atom. The summed E-state index contributed by atoms with van der Waals surface area (Å²) in [6.07, 6.45) is 3.82. The number of hydrogen-bond donors (Lipinski definition) is 0. The second-order valence-corrected chi connectivity index (χ2v) is 6.86. The molecule has 2 amide bonds. The molecule has 4 nitrogen and oxygen atoms in total. The quantitative estimate of drug-likeness (QED) is 0.835. The van der Waals surface area contributed by atoms with Crippen LogP contribution in [0.1, 0.15) is 43.7 Å². The molecule has 1 fully saturated rings. The van der Waals surface area contributed by atoms with Crippen molar-refractivity contribution in [2.24, 2.45) is 5.92 Å². The Labute approximate surface area is 142 Å². The molecule has 130 valence electrons. The summed E-state index contributed by atoms with van der Waals surface area (Å²) in [6.45, 7) is 5.65. The number of piperidine rings is 1. The first-order chi connectivity index (χ1) is 11.5. The molecule has 0 aliphatic carbocycles. The van der Waals surface area contributed by atoms with E-state index in [9.17, 15) is 14.0 Å². The standard InChI is InChI=1S/C19H25FN2O2/c1-3-17(23)21-8-4-7-15(12-21)19(24)22-9-5-6-14-11-16(20)10-13(2)18(14)22/h10-11,15H,3-9,12H2,1-2H3/t15-/m1/s1. The molecule has 1 atom stereocenters. The molecule has 5 heteroatoms. The summed E-state index contributed by atoms with van der Waals surface area (Å²) in [6, 6.07) is 3.05. The number of aryl methyl sites for hydroxylation is 2. The lowest BCUT2D eigenvalue weighted by Gasteiger charge is -2.37. The smallest absolute Gasteiger partial charge is 0.231 e. The zero-order chi connectivity index (χ0) is 17.3. The second kappa shape index (κ2) is 6.91. The number of halogens is 1. The van der Waals surface area contributed by atoms with Crippen LogP contribution in [0.4, 0.5) is 10.1 Å². The Kier molecular flexibility index (Phi) is 4.88. The third-order valence-electron chi connectivity index (χ3n) is 5.13. The number of carbonyl (C=O) groups excluding carboxylic acids is 2. The lowest BCUT2D eigenvalue weighted by atomic mass is 9.92. The van der Waals surface area contributed by atoms with Crippen molar-refractivity contribution in [1.82, 2.24) is 4.90 Å². The predicted molar refractivity (Wildman–Crippen MR) is 91.4 cm³/mol. The number of fused-ring (bicyclic) bond motifs is 1. The highest BCUT2D eigenvalue weighted by Gasteiger charge is 2.33. The Hall–Kier alpha value is -1.91. The van der Waals surface area contributed by atoms with E-state index in [4.69, 9.17) is 0 Å². The van der Waals surface area contributed by atoms with Crippen molar-refractivity contribution in [1.29, 1.82) is 0 Å². The van der Waals surface area contributed by atoms with E-state index in [0.29, 0.717) is 19.5 Å². The molecular weight excluding hydrogens is 307 g/mol. The van der Waals surface area contributed by atoms with Crippen molar-refractivity contribution in [3.63, 3.8) is 0 Å². The fraction of sp³-hybridized carbons (Fsp3) is 0.579. The molecule has 0 radical (unpaired) electrons. The summed E-state index contributed by atoms with van der Waals surface area (Å²) >= 11 is 0. The highest BCUT2D eigenvalue weighted by Crippen LogP contribution is 2.33. The minimum Gasteiger partial charge on any atom is -0.342 e. The van der Waals surface area contributed by atoms with Crippen molar-refractivity contribution in [3.8, 4) is 0 Å². The van der Waals surface area contributed by atoms with Gasteiger partial charge in [-0.1, -0.05) is 6.92 Å². The van der Waals surface area contributed by atoms with Gasteiger partial charge in [0, 0.05) is 31.7 Å². The van der Waals surface area contributed by atoms with Crippen molar-refractivity contribution < 1.29 is 14.0 Å². The van der Waals surface area contributed by atoms with Crippen LogP contribution < -0.4 is 4.90 Å².